The highest BCUT2D eigenvalue weighted by Gasteiger charge is 2.16. The van der Waals surface area contributed by atoms with Crippen LogP contribution in [0.3, 0.4) is 0 Å². The number of ketones is 1. The second-order valence-electron chi connectivity index (χ2n) is 6.09. The molecule has 28 heavy (non-hydrogen) atoms. The number of pyridine rings is 2. The van der Waals surface area contributed by atoms with Crippen LogP contribution >= 0.6 is 0 Å². The molecule has 4 aromatic rings. The van der Waals surface area contributed by atoms with Crippen LogP contribution in [0.1, 0.15) is 15.9 Å². The highest BCUT2D eigenvalue weighted by Crippen LogP contribution is 2.27. The zero-order valence-electron chi connectivity index (χ0n) is 15.4. The lowest BCUT2D eigenvalue weighted by molar-refractivity contribution is 0.0990. The van der Waals surface area contributed by atoms with Crippen LogP contribution in [-0.4, -0.2) is 35.0 Å². The van der Waals surface area contributed by atoms with Crippen LogP contribution in [0.4, 0.5) is 0 Å². The van der Waals surface area contributed by atoms with E-state index in [1.54, 1.807) is 56.0 Å². The first kappa shape index (κ1) is 17.7. The van der Waals surface area contributed by atoms with E-state index in [1.165, 1.54) is 7.11 Å². The van der Waals surface area contributed by atoms with E-state index < -0.39 is 0 Å². The van der Waals surface area contributed by atoms with E-state index in [2.05, 4.69) is 15.0 Å². The molecule has 0 bridgehead atoms. The maximum absolute atomic E-state index is 12.8. The molecule has 140 valence electrons. The summed E-state index contributed by atoms with van der Waals surface area (Å²) in [4.78, 5) is 25.5. The van der Waals surface area contributed by atoms with Gasteiger partial charge in [0.2, 0.25) is 5.89 Å². The van der Waals surface area contributed by atoms with Gasteiger partial charge in [-0.25, -0.2) is 4.98 Å². The number of carbonyl (C=O) groups excluding carboxylic acids is 1. The molecule has 7 heteroatoms. The van der Waals surface area contributed by atoms with Gasteiger partial charge < -0.3 is 13.9 Å². The number of fused-ring (bicyclic) bond motifs is 1. The van der Waals surface area contributed by atoms with Crippen LogP contribution in [-0.2, 0) is 6.42 Å². The molecule has 7 nitrogen and oxygen atoms in total. The fraction of sp³-hybridized carbons (Fsp3) is 0.143. The number of aromatic nitrogens is 3. The topological polar surface area (TPSA) is 87.3 Å². The Morgan fingerprint density at radius 1 is 1.11 bits per heavy atom. The average Bonchev–Trinajstić information content (AvgIpc) is 3.17. The minimum Gasteiger partial charge on any atom is -0.497 e. The van der Waals surface area contributed by atoms with E-state index in [0.717, 1.165) is 5.56 Å². The molecule has 1 aromatic carbocycles. The van der Waals surface area contributed by atoms with Crippen molar-refractivity contribution < 1.29 is 18.7 Å². The van der Waals surface area contributed by atoms with Gasteiger partial charge in [0.25, 0.3) is 0 Å². The van der Waals surface area contributed by atoms with Gasteiger partial charge in [0.05, 0.1) is 25.3 Å². The molecular formula is C21H17N3O4. The molecule has 0 spiro atoms. The molecule has 0 saturated heterocycles. The van der Waals surface area contributed by atoms with Gasteiger partial charge in [0, 0.05) is 31.1 Å². The summed E-state index contributed by atoms with van der Waals surface area (Å²) in [5, 5.41) is 0. The van der Waals surface area contributed by atoms with Crippen LogP contribution in [0.2, 0.25) is 0 Å². The minimum atomic E-state index is -0.0855. The van der Waals surface area contributed by atoms with Gasteiger partial charge in [0.15, 0.2) is 17.0 Å². The molecule has 0 amide bonds. The molecule has 3 heterocycles. The number of hydrogen-bond donors (Lipinski definition) is 0. The van der Waals surface area contributed by atoms with E-state index in [-0.39, 0.29) is 12.2 Å². The van der Waals surface area contributed by atoms with Crippen LogP contribution in [0.25, 0.3) is 22.7 Å². The summed E-state index contributed by atoms with van der Waals surface area (Å²) < 4.78 is 16.2. The Balaban J connectivity index is 1.61. The average molecular weight is 375 g/mol. The van der Waals surface area contributed by atoms with Crippen molar-refractivity contribution in [3.8, 4) is 23.0 Å². The smallest absolute Gasteiger partial charge is 0.230 e. The molecule has 0 aliphatic heterocycles. The third-order valence-corrected chi connectivity index (χ3v) is 4.28. The third kappa shape index (κ3) is 3.42. The number of nitrogens with zero attached hydrogens (tertiary/aromatic N) is 3. The number of methoxy groups -OCH3 is 2. The Labute approximate surface area is 161 Å². The van der Waals surface area contributed by atoms with Gasteiger partial charge in [-0.3, -0.25) is 9.78 Å². The SMILES string of the molecule is COc1ccc(C(=O)Cc2cncc(-c3nc4ncccc4o3)c2)c(OC)c1. The quantitative estimate of drug-likeness (QED) is 0.475. The first-order valence-electron chi connectivity index (χ1n) is 8.59. The van der Waals surface area contributed by atoms with Crippen molar-refractivity contribution in [2.24, 2.45) is 0 Å². The summed E-state index contributed by atoms with van der Waals surface area (Å²) >= 11 is 0. The van der Waals surface area contributed by atoms with E-state index in [4.69, 9.17) is 13.9 Å². The fourth-order valence-electron chi connectivity index (χ4n) is 2.90. The zero-order valence-corrected chi connectivity index (χ0v) is 15.4. The maximum Gasteiger partial charge on any atom is 0.230 e. The van der Waals surface area contributed by atoms with Crippen molar-refractivity contribution in [1.82, 2.24) is 15.0 Å². The van der Waals surface area contributed by atoms with Crippen LogP contribution in [0.15, 0.2) is 59.4 Å². The number of oxazole rings is 1. The number of ether oxygens (including phenoxy) is 2. The van der Waals surface area contributed by atoms with Gasteiger partial charge in [-0.05, 0) is 35.9 Å². The molecule has 0 unspecified atom stereocenters. The molecular weight excluding hydrogens is 358 g/mol. The Hall–Kier alpha value is -3.74. The van der Waals surface area contributed by atoms with Crippen molar-refractivity contribution in [3.63, 3.8) is 0 Å². The second-order valence-corrected chi connectivity index (χ2v) is 6.09. The summed E-state index contributed by atoms with van der Waals surface area (Å²) in [6.45, 7) is 0. The lowest BCUT2D eigenvalue weighted by Crippen LogP contribution is -2.06. The van der Waals surface area contributed by atoms with Crippen molar-refractivity contribution in [2.45, 2.75) is 6.42 Å². The molecule has 0 radical (unpaired) electrons. The predicted octanol–water partition coefficient (Wildman–Crippen LogP) is 3.73. The largest absolute Gasteiger partial charge is 0.497 e. The maximum atomic E-state index is 12.8. The Morgan fingerprint density at radius 2 is 2.00 bits per heavy atom. The Morgan fingerprint density at radius 3 is 2.79 bits per heavy atom. The Kier molecular flexibility index (Phi) is 4.72. The first-order chi connectivity index (χ1) is 13.7. The van der Waals surface area contributed by atoms with Crippen molar-refractivity contribution in [2.75, 3.05) is 14.2 Å². The minimum absolute atomic E-state index is 0.0855. The number of carbonyl (C=O) groups is 1. The van der Waals surface area contributed by atoms with Gasteiger partial charge in [-0.1, -0.05) is 0 Å². The summed E-state index contributed by atoms with van der Waals surface area (Å²) in [5.74, 6) is 1.43. The molecule has 4 rings (SSSR count). The van der Waals surface area contributed by atoms with Crippen molar-refractivity contribution >= 4 is 17.0 Å². The summed E-state index contributed by atoms with van der Waals surface area (Å²) in [5.41, 5.74) is 3.05. The van der Waals surface area contributed by atoms with Gasteiger partial charge in [-0.15, -0.1) is 0 Å². The molecule has 0 saturated carbocycles. The molecule has 0 fully saturated rings. The number of rotatable bonds is 6. The van der Waals surface area contributed by atoms with Crippen LogP contribution in [0.5, 0.6) is 11.5 Å². The number of Topliss-reactive ketones (excluding diaryl/α,β-unsaturated/α-hetero) is 1. The van der Waals surface area contributed by atoms with Gasteiger partial charge in [-0.2, -0.15) is 4.98 Å². The van der Waals surface area contributed by atoms with Crippen LogP contribution < -0.4 is 9.47 Å². The fourth-order valence-corrected chi connectivity index (χ4v) is 2.90. The molecule has 0 atom stereocenters. The van der Waals surface area contributed by atoms with E-state index >= 15 is 0 Å². The molecule has 0 aliphatic rings. The predicted molar refractivity (Wildman–Crippen MR) is 103 cm³/mol. The number of benzene rings is 1. The van der Waals surface area contributed by atoms with Gasteiger partial charge >= 0.3 is 0 Å². The van der Waals surface area contributed by atoms with E-state index in [9.17, 15) is 4.79 Å². The summed E-state index contributed by atoms with van der Waals surface area (Å²) in [7, 11) is 3.09. The number of hydrogen-bond acceptors (Lipinski definition) is 7. The highest BCUT2D eigenvalue weighted by atomic mass is 16.5. The van der Waals surface area contributed by atoms with E-state index in [0.29, 0.717) is 39.7 Å². The lowest BCUT2D eigenvalue weighted by atomic mass is 10.0. The highest BCUT2D eigenvalue weighted by molar-refractivity contribution is 6.00. The normalized spacial score (nSPS) is 10.8. The molecule has 0 aliphatic carbocycles. The molecule has 0 N–H and O–H groups in total. The van der Waals surface area contributed by atoms with Crippen molar-refractivity contribution in [1.29, 1.82) is 0 Å². The monoisotopic (exact) mass is 375 g/mol. The first-order valence-corrected chi connectivity index (χ1v) is 8.59. The second kappa shape index (κ2) is 7.48. The van der Waals surface area contributed by atoms with Crippen molar-refractivity contribution in [3.05, 3.63) is 66.1 Å². The lowest BCUT2D eigenvalue weighted by Gasteiger charge is -2.09. The van der Waals surface area contributed by atoms with Gasteiger partial charge in [0.1, 0.15) is 11.5 Å². The third-order valence-electron chi connectivity index (χ3n) is 4.28. The zero-order chi connectivity index (χ0) is 19.5. The Bertz CT molecular complexity index is 1120. The summed E-state index contributed by atoms with van der Waals surface area (Å²) in [6, 6.07) is 10.5. The molecule has 3 aromatic heterocycles. The van der Waals surface area contributed by atoms with Crippen LogP contribution in [0, 0.1) is 0 Å². The van der Waals surface area contributed by atoms with E-state index in [1.807, 2.05) is 6.07 Å². The summed E-state index contributed by atoms with van der Waals surface area (Å²) in [6.07, 6.45) is 5.12. The standard InChI is InChI=1S/C21H17N3O4/c1-26-15-5-6-16(19(10-15)27-2)17(25)9-13-8-14(12-22-11-13)21-24-20-18(28-21)4-3-7-23-20/h3-8,10-12H,9H2,1-2H3.